The smallest absolute Gasteiger partial charge is 0.282 e. The first kappa shape index (κ1) is 25.1. The van der Waals surface area contributed by atoms with Crippen LogP contribution >= 0.6 is 11.6 Å². The van der Waals surface area contributed by atoms with E-state index in [1.54, 1.807) is 72.8 Å². The maximum absolute atomic E-state index is 13.5. The molecule has 0 saturated carbocycles. The van der Waals surface area contributed by atoms with E-state index < -0.39 is 0 Å². The SMILES string of the molecule is O=C(COc1ccccc1C=Nn1c(-c2cc3cc(Cl)ccc3o2)nc2ccccc2c1=O)Nc1ccccc1. The van der Waals surface area contributed by atoms with Gasteiger partial charge in [-0.1, -0.05) is 54.1 Å². The molecule has 8 nitrogen and oxygen atoms in total. The molecule has 0 unspecified atom stereocenters. The highest BCUT2D eigenvalue weighted by atomic mass is 35.5. The van der Waals surface area contributed by atoms with Crippen molar-refractivity contribution in [2.24, 2.45) is 5.10 Å². The topological polar surface area (TPSA) is 98.7 Å². The van der Waals surface area contributed by atoms with Crippen molar-refractivity contribution in [3.05, 3.63) is 124 Å². The summed E-state index contributed by atoms with van der Waals surface area (Å²) >= 11 is 6.15. The zero-order valence-corrected chi connectivity index (χ0v) is 21.7. The predicted octanol–water partition coefficient (Wildman–Crippen LogP) is 6.36. The molecule has 0 aliphatic carbocycles. The molecule has 0 fully saturated rings. The van der Waals surface area contributed by atoms with Crippen LogP contribution in [-0.4, -0.2) is 28.4 Å². The van der Waals surface area contributed by atoms with Crippen LogP contribution in [0.3, 0.4) is 0 Å². The van der Waals surface area contributed by atoms with Gasteiger partial charge in [-0.05, 0) is 60.7 Å². The maximum atomic E-state index is 13.5. The van der Waals surface area contributed by atoms with Gasteiger partial charge < -0.3 is 14.5 Å². The van der Waals surface area contributed by atoms with Gasteiger partial charge in [-0.2, -0.15) is 9.78 Å². The second-order valence-corrected chi connectivity index (χ2v) is 9.28. The van der Waals surface area contributed by atoms with E-state index >= 15 is 0 Å². The molecule has 196 valence electrons. The summed E-state index contributed by atoms with van der Waals surface area (Å²) in [7, 11) is 0. The Kier molecular flexibility index (Phi) is 6.82. The number of rotatable bonds is 7. The minimum absolute atomic E-state index is 0.204. The number of hydrogen-bond acceptors (Lipinski definition) is 6. The van der Waals surface area contributed by atoms with Crippen LogP contribution in [0.1, 0.15) is 5.56 Å². The second-order valence-electron chi connectivity index (χ2n) is 8.85. The van der Waals surface area contributed by atoms with E-state index in [-0.39, 0.29) is 23.9 Å². The van der Waals surface area contributed by atoms with Crippen LogP contribution in [0.4, 0.5) is 5.69 Å². The molecule has 1 N–H and O–H groups in total. The quantitative estimate of drug-likeness (QED) is 0.234. The third kappa shape index (κ3) is 5.21. The van der Waals surface area contributed by atoms with Gasteiger partial charge in [0.05, 0.1) is 17.1 Å². The Bertz CT molecular complexity index is 1950. The van der Waals surface area contributed by atoms with E-state index in [0.717, 1.165) is 5.39 Å². The van der Waals surface area contributed by atoms with Gasteiger partial charge >= 0.3 is 0 Å². The molecule has 0 saturated heterocycles. The van der Waals surface area contributed by atoms with Crippen LogP contribution in [0.2, 0.25) is 5.02 Å². The van der Waals surface area contributed by atoms with E-state index in [2.05, 4.69) is 10.4 Å². The lowest BCUT2D eigenvalue weighted by Crippen LogP contribution is -2.21. The molecule has 40 heavy (non-hydrogen) atoms. The fraction of sp³-hybridized carbons (Fsp3) is 0.0323. The van der Waals surface area contributed by atoms with Gasteiger partial charge in [-0.15, -0.1) is 0 Å². The highest BCUT2D eigenvalue weighted by Crippen LogP contribution is 2.29. The van der Waals surface area contributed by atoms with Gasteiger partial charge in [-0.3, -0.25) is 9.59 Å². The Morgan fingerprint density at radius 1 is 0.975 bits per heavy atom. The first-order valence-electron chi connectivity index (χ1n) is 12.4. The number of amides is 1. The highest BCUT2D eigenvalue weighted by molar-refractivity contribution is 6.31. The molecule has 0 radical (unpaired) electrons. The molecule has 0 aliphatic heterocycles. The van der Waals surface area contributed by atoms with E-state index in [1.165, 1.54) is 10.9 Å². The molecule has 6 aromatic rings. The highest BCUT2D eigenvalue weighted by Gasteiger charge is 2.17. The Morgan fingerprint density at radius 2 is 1.75 bits per heavy atom. The normalized spacial score (nSPS) is 11.3. The molecule has 0 atom stereocenters. The van der Waals surface area contributed by atoms with Gasteiger partial charge in [0.15, 0.2) is 12.4 Å². The Hall–Kier alpha value is -5.21. The molecule has 0 spiro atoms. The summed E-state index contributed by atoms with van der Waals surface area (Å²) in [6.07, 6.45) is 1.49. The molecular weight excluding hydrogens is 528 g/mol. The molecule has 2 aromatic heterocycles. The molecule has 6 rings (SSSR count). The van der Waals surface area contributed by atoms with Crippen LogP contribution in [0.25, 0.3) is 33.5 Å². The second kappa shape index (κ2) is 10.9. The number of hydrogen-bond donors (Lipinski definition) is 1. The zero-order valence-electron chi connectivity index (χ0n) is 21.0. The number of furan rings is 1. The number of carbonyl (C=O) groups is 1. The Morgan fingerprint density at radius 3 is 2.62 bits per heavy atom. The van der Waals surface area contributed by atoms with E-state index in [1.807, 2.05) is 30.3 Å². The summed E-state index contributed by atoms with van der Waals surface area (Å²) in [6, 6.07) is 30.3. The number of benzene rings is 4. The van der Waals surface area contributed by atoms with Crippen molar-refractivity contribution in [3.63, 3.8) is 0 Å². The van der Waals surface area contributed by atoms with E-state index in [4.69, 9.17) is 25.7 Å². The third-order valence-corrected chi connectivity index (χ3v) is 6.34. The van der Waals surface area contributed by atoms with Crippen LogP contribution in [0.5, 0.6) is 5.75 Å². The van der Waals surface area contributed by atoms with Gasteiger partial charge in [0.25, 0.3) is 11.5 Å². The number of nitrogens with one attached hydrogen (secondary N) is 1. The molecule has 0 bridgehead atoms. The fourth-order valence-corrected chi connectivity index (χ4v) is 4.40. The number of halogens is 1. The number of ether oxygens (including phenoxy) is 1. The van der Waals surface area contributed by atoms with Crippen molar-refractivity contribution in [1.29, 1.82) is 0 Å². The van der Waals surface area contributed by atoms with Gasteiger partial charge in [0.2, 0.25) is 5.82 Å². The van der Waals surface area contributed by atoms with Crippen molar-refractivity contribution >= 4 is 51.3 Å². The molecule has 2 heterocycles. The largest absolute Gasteiger partial charge is 0.483 e. The van der Waals surface area contributed by atoms with Crippen molar-refractivity contribution < 1.29 is 13.9 Å². The summed E-state index contributed by atoms with van der Waals surface area (Å²) in [4.78, 5) is 30.6. The number of anilines is 1. The van der Waals surface area contributed by atoms with E-state index in [9.17, 15) is 9.59 Å². The molecule has 0 aliphatic rings. The van der Waals surface area contributed by atoms with Crippen LogP contribution in [0, 0.1) is 0 Å². The fourth-order valence-electron chi connectivity index (χ4n) is 4.22. The number of aromatic nitrogens is 2. The lowest BCUT2D eigenvalue weighted by Gasteiger charge is -2.10. The lowest BCUT2D eigenvalue weighted by molar-refractivity contribution is -0.118. The summed E-state index contributed by atoms with van der Waals surface area (Å²) in [5, 5.41) is 9.02. The summed E-state index contributed by atoms with van der Waals surface area (Å²) in [6.45, 7) is -0.204. The lowest BCUT2D eigenvalue weighted by atomic mass is 10.2. The maximum Gasteiger partial charge on any atom is 0.282 e. The summed E-state index contributed by atoms with van der Waals surface area (Å²) < 4.78 is 13.0. The molecule has 4 aromatic carbocycles. The average molecular weight is 549 g/mol. The van der Waals surface area contributed by atoms with Crippen LogP contribution < -0.4 is 15.6 Å². The van der Waals surface area contributed by atoms with Crippen LogP contribution in [0.15, 0.2) is 117 Å². The van der Waals surface area contributed by atoms with E-state index in [0.29, 0.717) is 44.3 Å². The molecule has 9 heteroatoms. The number of carbonyl (C=O) groups excluding carboxylic acids is 1. The number of para-hydroxylation sites is 3. The first-order chi connectivity index (χ1) is 19.5. The van der Waals surface area contributed by atoms with Crippen molar-refractivity contribution in [2.45, 2.75) is 0 Å². The Labute approximate surface area is 233 Å². The first-order valence-corrected chi connectivity index (χ1v) is 12.8. The standard InChI is InChI=1S/C31H21ClN4O4/c32-22-14-15-27-21(16-22)17-28(40-27)30-35-25-12-6-5-11-24(25)31(38)36(30)33-18-20-8-4-7-13-26(20)39-19-29(37)34-23-9-2-1-3-10-23/h1-18H,19H2,(H,34,37). The predicted molar refractivity (Wildman–Crippen MR) is 156 cm³/mol. The van der Waals surface area contributed by atoms with Gasteiger partial charge in [-0.25, -0.2) is 4.98 Å². The summed E-state index contributed by atoms with van der Waals surface area (Å²) in [5.41, 5.74) is 1.99. The monoisotopic (exact) mass is 548 g/mol. The van der Waals surface area contributed by atoms with Crippen molar-refractivity contribution in [3.8, 4) is 17.3 Å². The minimum atomic E-state index is -0.365. The summed E-state index contributed by atoms with van der Waals surface area (Å²) in [5.74, 6) is 0.712. The van der Waals surface area contributed by atoms with Crippen molar-refractivity contribution in [2.75, 3.05) is 11.9 Å². The third-order valence-electron chi connectivity index (χ3n) is 6.10. The number of nitrogens with zero attached hydrogens (tertiary/aromatic N) is 3. The Balaban J connectivity index is 1.35. The average Bonchev–Trinajstić information content (AvgIpc) is 3.39. The minimum Gasteiger partial charge on any atom is -0.483 e. The van der Waals surface area contributed by atoms with Gasteiger partial charge in [0, 0.05) is 21.7 Å². The molecular formula is C31H21ClN4O4. The number of fused-ring (bicyclic) bond motifs is 2. The van der Waals surface area contributed by atoms with Gasteiger partial charge in [0.1, 0.15) is 11.3 Å². The van der Waals surface area contributed by atoms with Crippen LogP contribution in [-0.2, 0) is 4.79 Å². The van der Waals surface area contributed by atoms with Crippen molar-refractivity contribution in [1.82, 2.24) is 9.66 Å². The zero-order chi connectivity index (χ0) is 27.5. The molecule has 1 amide bonds.